The van der Waals surface area contributed by atoms with Crippen LogP contribution in [0.25, 0.3) is 0 Å². The molecule has 96 valence electrons. The number of halogens is 3. The van der Waals surface area contributed by atoms with Gasteiger partial charge in [0, 0.05) is 0 Å². The first-order valence-corrected chi connectivity index (χ1v) is 5.81. The summed E-state index contributed by atoms with van der Waals surface area (Å²) in [5, 5.41) is 0. The van der Waals surface area contributed by atoms with E-state index in [-0.39, 0.29) is 6.61 Å². The van der Waals surface area contributed by atoms with Gasteiger partial charge >= 0.3 is 15.6 Å². The summed E-state index contributed by atoms with van der Waals surface area (Å²) in [7, 11) is -5.58. The van der Waals surface area contributed by atoms with E-state index >= 15 is 0 Å². The van der Waals surface area contributed by atoms with E-state index in [1.807, 2.05) is 0 Å². The topological polar surface area (TPSA) is 52.6 Å². The van der Waals surface area contributed by atoms with Gasteiger partial charge in [-0.25, -0.2) is 4.18 Å². The van der Waals surface area contributed by atoms with E-state index in [1.165, 1.54) is 0 Å². The number of benzene rings is 1. The average Bonchev–Trinajstić information content (AvgIpc) is 2.24. The Kier molecular flexibility index (Phi) is 4.49. The van der Waals surface area contributed by atoms with Crippen LogP contribution in [-0.4, -0.2) is 20.7 Å². The van der Waals surface area contributed by atoms with Crippen molar-refractivity contribution in [2.24, 2.45) is 0 Å². The van der Waals surface area contributed by atoms with Crippen LogP contribution < -0.4 is 0 Å². The molecule has 0 aliphatic rings. The number of hydrogen-bond donors (Lipinski definition) is 0. The van der Waals surface area contributed by atoms with Gasteiger partial charge in [0.25, 0.3) is 0 Å². The monoisotopic (exact) mass is 270 g/mol. The van der Waals surface area contributed by atoms with E-state index in [9.17, 15) is 21.6 Å². The lowest BCUT2D eigenvalue weighted by molar-refractivity contribution is -0.0678. The fraction of sp³-hybridized carbons (Fsp3) is 0.333. The fourth-order valence-electron chi connectivity index (χ4n) is 0.898. The third-order valence-electron chi connectivity index (χ3n) is 1.68. The first kappa shape index (κ1) is 13.9. The van der Waals surface area contributed by atoms with Crippen LogP contribution in [0, 0.1) is 0 Å². The van der Waals surface area contributed by atoms with E-state index in [2.05, 4.69) is 8.92 Å². The van der Waals surface area contributed by atoms with Gasteiger partial charge in [-0.2, -0.15) is 21.6 Å². The molecule has 17 heavy (non-hydrogen) atoms. The number of hydrogen-bond acceptors (Lipinski definition) is 4. The van der Waals surface area contributed by atoms with Crippen molar-refractivity contribution in [1.29, 1.82) is 0 Å². The van der Waals surface area contributed by atoms with Crippen molar-refractivity contribution >= 4 is 10.1 Å². The maximum Gasteiger partial charge on any atom is 0.523 e. The molecule has 1 aromatic rings. The van der Waals surface area contributed by atoms with Crippen molar-refractivity contribution in [1.82, 2.24) is 0 Å². The Morgan fingerprint density at radius 1 is 1.12 bits per heavy atom. The van der Waals surface area contributed by atoms with Gasteiger partial charge in [-0.15, -0.1) is 0 Å². The zero-order chi connectivity index (χ0) is 12.9. The Bertz CT molecular complexity index is 441. The average molecular weight is 270 g/mol. The van der Waals surface area contributed by atoms with Crippen molar-refractivity contribution in [2.45, 2.75) is 12.1 Å². The molecule has 0 aromatic heterocycles. The van der Waals surface area contributed by atoms with Gasteiger partial charge in [-0.3, -0.25) is 0 Å². The first-order chi connectivity index (χ1) is 7.83. The number of rotatable bonds is 5. The molecule has 0 aliphatic carbocycles. The molecule has 0 amide bonds. The largest absolute Gasteiger partial charge is 0.523 e. The summed E-state index contributed by atoms with van der Waals surface area (Å²) in [6.45, 7) is -1.01. The highest BCUT2D eigenvalue weighted by Crippen LogP contribution is 2.24. The highest BCUT2D eigenvalue weighted by atomic mass is 32.2. The van der Waals surface area contributed by atoms with E-state index in [0.717, 1.165) is 0 Å². The SMILES string of the molecule is O=S(=O)(OCOCc1ccccc1)C(F)(F)F. The molecule has 0 heterocycles. The molecule has 0 spiro atoms. The van der Waals surface area contributed by atoms with Gasteiger partial charge in [-0.05, 0) is 5.56 Å². The van der Waals surface area contributed by atoms with Crippen LogP contribution in [0.3, 0.4) is 0 Å². The lowest BCUT2D eigenvalue weighted by Crippen LogP contribution is -2.26. The summed E-state index contributed by atoms with van der Waals surface area (Å²) in [6, 6.07) is 8.54. The lowest BCUT2D eigenvalue weighted by Gasteiger charge is -2.08. The minimum absolute atomic E-state index is 0.0335. The molecule has 0 fully saturated rings. The Morgan fingerprint density at radius 2 is 1.71 bits per heavy atom. The molecule has 0 N–H and O–H groups in total. The molecule has 0 bridgehead atoms. The Balaban J connectivity index is 2.35. The van der Waals surface area contributed by atoms with Crippen LogP contribution in [0.15, 0.2) is 30.3 Å². The van der Waals surface area contributed by atoms with Crippen LogP contribution in [0.5, 0.6) is 0 Å². The smallest absolute Gasteiger partial charge is 0.349 e. The Hall–Kier alpha value is -1.12. The van der Waals surface area contributed by atoms with Gasteiger partial charge in [0.2, 0.25) is 0 Å². The van der Waals surface area contributed by atoms with Gasteiger partial charge < -0.3 is 4.74 Å². The quantitative estimate of drug-likeness (QED) is 0.355. The van der Waals surface area contributed by atoms with Gasteiger partial charge in [-0.1, -0.05) is 30.3 Å². The summed E-state index contributed by atoms with van der Waals surface area (Å²) in [5.74, 6) is 0. The zero-order valence-electron chi connectivity index (χ0n) is 8.48. The molecule has 0 aliphatic heterocycles. The molecular weight excluding hydrogens is 261 g/mol. The highest BCUT2D eigenvalue weighted by Gasteiger charge is 2.47. The van der Waals surface area contributed by atoms with Gasteiger partial charge in [0.1, 0.15) is 0 Å². The standard InChI is InChI=1S/C9H9F3O4S/c10-9(11,12)17(13,14)16-7-15-6-8-4-2-1-3-5-8/h1-5H,6-7H2. The van der Waals surface area contributed by atoms with Gasteiger partial charge in [0.05, 0.1) is 6.61 Å². The fourth-order valence-corrected chi connectivity index (χ4v) is 1.23. The molecule has 0 saturated carbocycles. The summed E-state index contributed by atoms with van der Waals surface area (Å²) >= 11 is 0. The molecular formula is C9H9F3O4S. The van der Waals surface area contributed by atoms with Crippen molar-refractivity contribution in [3.63, 3.8) is 0 Å². The molecule has 0 unspecified atom stereocenters. The molecule has 8 heteroatoms. The summed E-state index contributed by atoms with van der Waals surface area (Å²) in [5.41, 5.74) is -4.73. The lowest BCUT2D eigenvalue weighted by atomic mass is 10.2. The third-order valence-corrected chi connectivity index (χ3v) is 2.66. The van der Waals surface area contributed by atoms with E-state index in [4.69, 9.17) is 0 Å². The van der Waals surface area contributed by atoms with E-state index in [0.29, 0.717) is 5.56 Å². The predicted octanol–water partition coefficient (Wildman–Crippen LogP) is 2.03. The van der Waals surface area contributed by atoms with Crippen LogP contribution in [-0.2, 0) is 25.6 Å². The Labute approximate surface area is 96.1 Å². The van der Waals surface area contributed by atoms with E-state index in [1.54, 1.807) is 30.3 Å². The predicted molar refractivity (Wildman–Crippen MR) is 52.2 cm³/mol. The normalized spacial score (nSPS) is 12.6. The summed E-state index contributed by atoms with van der Waals surface area (Å²) in [4.78, 5) is 0. The highest BCUT2D eigenvalue weighted by molar-refractivity contribution is 7.87. The maximum absolute atomic E-state index is 11.8. The second-order valence-corrected chi connectivity index (χ2v) is 4.58. The van der Waals surface area contributed by atoms with Gasteiger partial charge in [0.15, 0.2) is 6.79 Å². The minimum atomic E-state index is -5.58. The van der Waals surface area contributed by atoms with Crippen molar-refractivity contribution in [2.75, 3.05) is 6.79 Å². The van der Waals surface area contributed by atoms with Crippen LogP contribution >= 0.6 is 0 Å². The first-order valence-electron chi connectivity index (χ1n) is 4.40. The maximum atomic E-state index is 11.8. The number of ether oxygens (including phenoxy) is 1. The van der Waals surface area contributed by atoms with Crippen LogP contribution in [0.2, 0.25) is 0 Å². The molecule has 4 nitrogen and oxygen atoms in total. The van der Waals surface area contributed by atoms with Crippen LogP contribution in [0.1, 0.15) is 5.56 Å². The van der Waals surface area contributed by atoms with Crippen molar-refractivity contribution in [3.8, 4) is 0 Å². The second-order valence-electron chi connectivity index (χ2n) is 2.97. The molecule has 0 saturated heterocycles. The third kappa shape index (κ3) is 4.33. The molecule has 1 aromatic carbocycles. The Morgan fingerprint density at radius 3 is 2.24 bits per heavy atom. The molecule has 0 radical (unpaired) electrons. The van der Waals surface area contributed by atoms with Crippen molar-refractivity contribution < 1.29 is 30.5 Å². The number of alkyl halides is 3. The zero-order valence-corrected chi connectivity index (χ0v) is 9.29. The minimum Gasteiger partial charge on any atom is -0.349 e. The second kappa shape index (κ2) is 5.48. The van der Waals surface area contributed by atoms with Crippen molar-refractivity contribution in [3.05, 3.63) is 35.9 Å². The molecule has 1 rings (SSSR count). The van der Waals surface area contributed by atoms with E-state index < -0.39 is 22.4 Å². The van der Waals surface area contributed by atoms with Crippen LogP contribution in [0.4, 0.5) is 13.2 Å². The summed E-state index contributed by atoms with van der Waals surface area (Å²) in [6.07, 6.45) is 0. The summed E-state index contributed by atoms with van der Waals surface area (Å²) < 4.78 is 64.6. The molecule has 0 atom stereocenters.